The van der Waals surface area contributed by atoms with Crippen LogP contribution in [0.2, 0.25) is 0 Å². The molecule has 0 heterocycles. The Bertz CT molecular complexity index is 680. The van der Waals surface area contributed by atoms with E-state index in [1.807, 2.05) is 44.2 Å². The van der Waals surface area contributed by atoms with Crippen molar-refractivity contribution in [2.45, 2.75) is 58.8 Å². The van der Waals surface area contributed by atoms with Gasteiger partial charge in [0.05, 0.1) is 12.0 Å². The third-order valence-electron chi connectivity index (χ3n) is 5.92. The molecule has 3 unspecified atom stereocenters. The predicted molar refractivity (Wildman–Crippen MR) is 113 cm³/mol. The van der Waals surface area contributed by atoms with E-state index in [0.717, 1.165) is 24.8 Å². The molecule has 0 saturated heterocycles. The molecule has 0 radical (unpaired) electrons. The molecule has 0 bridgehead atoms. The Hall–Kier alpha value is -2.09. The van der Waals surface area contributed by atoms with Crippen molar-refractivity contribution in [3.63, 3.8) is 0 Å². The number of aryl methyl sites for hydroxylation is 1. The number of carbonyl (C=O) groups is 1. The average molecular weight is 367 g/mol. The van der Waals surface area contributed by atoms with Crippen LogP contribution >= 0.6 is 0 Å². The van der Waals surface area contributed by atoms with Gasteiger partial charge in [-0.1, -0.05) is 80.9 Å². The molecule has 0 aliphatic heterocycles. The molecule has 3 atom stereocenters. The van der Waals surface area contributed by atoms with E-state index >= 15 is 0 Å². The molecule has 0 aromatic heterocycles. The summed E-state index contributed by atoms with van der Waals surface area (Å²) >= 11 is 0. The van der Waals surface area contributed by atoms with Crippen LogP contribution in [0, 0.1) is 11.8 Å². The minimum absolute atomic E-state index is 0.111. The standard InChI is InChI=1S/C25H34O2/c1-5-27-24(26)25(4,23-14-10-7-11-15-23)21(3)18-16-20(2)17-19-22-12-8-6-9-13-22/h6-15,20-21H,5,16-19H2,1-4H3. The van der Waals surface area contributed by atoms with Crippen molar-refractivity contribution >= 4 is 5.97 Å². The number of hydrogen-bond acceptors (Lipinski definition) is 2. The van der Waals surface area contributed by atoms with Crippen molar-refractivity contribution < 1.29 is 9.53 Å². The van der Waals surface area contributed by atoms with Gasteiger partial charge < -0.3 is 4.74 Å². The SMILES string of the molecule is CCOC(=O)C(C)(c1ccccc1)C(C)CCC(C)CCc1ccccc1. The largest absolute Gasteiger partial charge is 0.465 e. The minimum Gasteiger partial charge on any atom is -0.465 e. The Morgan fingerprint density at radius 1 is 0.926 bits per heavy atom. The molecule has 2 aromatic rings. The fourth-order valence-corrected chi connectivity index (χ4v) is 3.69. The highest BCUT2D eigenvalue weighted by Gasteiger charge is 2.41. The van der Waals surface area contributed by atoms with Crippen LogP contribution in [0.4, 0.5) is 0 Å². The lowest BCUT2D eigenvalue weighted by Gasteiger charge is -2.34. The molecule has 0 aliphatic rings. The summed E-state index contributed by atoms with van der Waals surface area (Å²) in [7, 11) is 0. The van der Waals surface area contributed by atoms with E-state index in [2.05, 4.69) is 44.2 Å². The summed E-state index contributed by atoms with van der Waals surface area (Å²) in [5, 5.41) is 0. The van der Waals surface area contributed by atoms with Crippen LogP contribution in [0.3, 0.4) is 0 Å². The van der Waals surface area contributed by atoms with Crippen molar-refractivity contribution in [2.75, 3.05) is 6.61 Å². The van der Waals surface area contributed by atoms with Crippen LogP contribution < -0.4 is 0 Å². The van der Waals surface area contributed by atoms with Crippen LogP contribution in [0.1, 0.15) is 58.1 Å². The normalized spacial score (nSPS) is 15.6. The lowest BCUT2D eigenvalue weighted by molar-refractivity contribution is -0.151. The van der Waals surface area contributed by atoms with Gasteiger partial charge in [0.1, 0.15) is 0 Å². The fourth-order valence-electron chi connectivity index (χ4n) is 3.69. The molecule has 0 saturated carbocycles. The molecule has 0 N–H and O–H groups in total. The highest BCUT2D eigenvalue weighted by molar-refractivity contribution is 5.83. The van der Waals surface area contributed by atoms with Gasteiger partial charge in [0.2, 0.25) is 0 Å². The molecule has 2 aromatic carbocycles. The summed E-state index contributed by atoms with van der Waals surface area (Å²) in [4.78, 5) is 12.8. The van der Waals surface area contributed by atoms with E-state index in [-0.39, 0.29) is 11.9 Å². The molecule has 0 fully saturated rings. The summed E-state index contributed by atoms with van der Waals surface area (Å²) in [5.41, 5.74) is 1.85. The third-order valence-corrected chi connectivity index (χ3v) is 5.92. The quantitative estimate of drug-likeness (QED) is 0.468. The average Bonchev–Trinajstić information content (AvgIpc) is 2.71. The lowest BCUT2D eigenvalue weighted by atomic mass is 9.70. The molecule has 0 amide bonds. The summed E-state index contributed by atoms with van der Waals surface area (Å²) in [6, 6.07) is 20.8. The number of carbonyl (C=O) groups excluding carboxylic acids is 1. The van der Waals surface area contributed by atoms with E-state index in [1.54, 1.807) is 0 Å². The topological polar surface area (TPSA) is 26.3 Å². The maximum Gasteiger partial charge on any atom is 0.316 e. The smallest absolute Gasteiger partial charge is 0.316 e. The number of ether oxygens (including phenoxy) is 1. The zero-order chi connectivity index (χ0) is 19.7. The molecule has 2 heteroatoms. The molecule has 146 valence electrons. The Kier molecular flexibility index (Phi) is 8.09. The highest BCUT2D eigenvalue weighted by Crippen LogP contribution is 2.37. The maximum atomic E-state index is 12.8. The fraction of sp³-hybridized carbons (Fsp3) is 0.480. The Balaban J connectivity index is 1.99. The van der Waals surface area contributed by atoms with Crippen LogP contribution in [0.5, 0.6) is 0 Å². The zero-order valence-electron chi connectivity index (χ0n) is 17.3. The molecule has 2 nitrogen and oxygen atoms in total. The van der Waals surface area contributed by atoms with Gasteiger partial charge in [0.25, 0.3) is 0 Å². The van der Waals surface area contributed by atoms with Gasteiger partial charge >= 0.3 is 5.97 Å². The van der Waals surface area contributed by atoms with Crippen LogP contribution in [0.15, 0.2) is 60.7 Å². The molecular formula is C25H34O2. The minimum atomic E-state index is -0.601. The van der Waals surface area contributed by atoms with E-state index in [4.69, 9.17) is 4.74 Å². The predicted octanol–water partition coefficient (Wildman–Crippen LogP) is 6.19. The van der Waals surface area contributed by atoms with Gasteiger partial charge in [-0.05, 0) is 56.1 Å². The van der Waals surface area contributed by atoms with E-state index in [1.165, 1.54) is 12.0 Å². The van der Waals surface area contributed by atoms with Gasteiger partial charge in [-0.25, -0.2) is 0 Å². The second kappa shape index (κ2) is 10.3. The van der Waals surface area contributed by atoms with Gasteiger partial charge in [0.15, 0.2) is 0 Å². The first kappa shape index (κ1) is 21.2. The molecule has 2 rings (SSSR count). The second-order valence-corrected chi connectivity index (χ2v) is 7.90. The van der Waals surface area contributed by atoms with Crippen molar-refractivity contribution in [1.29, 1.82) is 0 Å². The number of rotatable bonds is 10. The van der Waals surface area contributed by atoms with Gasteiger partial charge in [0, 0.05) is 0 Å². The monoisotopic (exact) mass is 366 g/mol. The number of esters is 1. The summed E-state index contributed by atoms with van der Waals surface area (Å²) in [6.45, 7) is 8.84. The molecule has 0 aliphatic carbocycles. The summed E-state index contributed by atoms with van der Waals surface area (Å²) < 4.78 is 5.46. The Labute approximate surface area is 165 Å². The van der Waals surface area contributed by atoms with E-state index < -0.39 is 5.41 Å². The first-order valence-electron chi connectivity index (χ1n) is 10.2. The Morgan fingerprint density at radius 2 is 1.52 bits per heavy atom. The number of benzene rings is 2. The highest BCUT2D eigenvalue weighted by atomic mass is 16.5. The summed E-state index contributed by atoms with van der Waals surface area (Å²) in [5.74, 6) is 0.744. The van der Waals surface area contributed by atoms with Crippen molar-refractivity contribution in [1.82, 2.24) is 0 Å². The van der Waals surface area contributed by atoms with Crippen LogP contribution in [0.25, 0.3) is 0 Å². The lowest BCUT2D eigenvalue weighted by Crippen LogP contribution is -2.40. The van der Waals surface area contributed by atoms with E-state index in [9.17, 15) is 4.79 Å². The first-order valence-corrected chi connectivity index (χ1v) is 10.2. The number of hydrogen-bond donors (Lipinski definition) is 0. The molecular weight excluding hydrogens is 332 g/mol. The van der Waals surface area contributed by atoms with Crippen molar-refractivity contribution in [2.24, 2.45) is 11.8 Å². The first-order chi connectivity index (χ1) is 13.0. The van der Waals surface area contributed by atoms with Gasteiger partial charge in [-0.3, -0.25) is 4.79 Å². The van der Waals surface area contributed by atoms with Gasteiger partial charge in [-0.2, -0.15) is 0 Å². The van der Waals surface area contributed by atoms with Gasteiger partial charge in [-0.15, -0.1) is 0 Å². The van der Waals surface area contributed by atoms with Crippen molar-refractivity contribution in [3.8, 4) is 0 Å². The molecule has 0 spiro atoms. The maximum absolute atomic E-state index is 12.8. The Morgan fingerprint density at radius 3 is 2.11 bits per heavy atom. The molecule has 27 heavy (non-hydrogen) atoms. The summed E-state index contributed by atoms with van der Waals surface area (Å²) in [6.07, 6.45) is 4.43. The van der Waals surface area contributed by atoms with E-state index in [0.29, 0.717) is 12.5 Å². The van der Waals surface area contributed by atoms with Crippen molar-refractivity contribution in [3.05, 3.63) is 71.8 Å². The zero-order valence-corrected chi connectivity index (χ0v) is 17.3. The third kappa shape index (κ3) is 5.69. The van der Waals surface area contributed by atoms with Crippen LogP contribution in [-0.2, 0) is 21.4 Å². The van der Waals surface area contributed by atoms with Crippen LogP contribution in [-0.4, -0.2) is 12.6 Å². The second-order valence-electron chi connectivity index (χ2n) is 7.90.